The van der Waals surface area contributed by atoms with Crippen LogP contribution >= 0.6 is 35.0 Å². The van der Waals surface area contributed by atoms with E-state index in [1.165, 1.54) is 11.8 Å². The van der Waals surface area contributed by atoms with E-state index in [4.69, 9.17) is 23.2 Å². The van der Waals surface area contributed by atoms with Crippen LogP contribution in [0.1, 0.15) is 5.56 Å². The predicted molar refractivity (Wildman–Crippen MR) is 108 cm³/mol. The lowest BCUT2D eigenvalue weighted by molar-refractivity contribution is -0.113. The SMILES string of the molecule is Cc1ccc(Cl)cc1NC(=O)CSc1nccc(-c2ccc(Cl)cc2)n1. The van der Waals surface area contributed by atoms with Gasteiger partial charge in [-0.3, -0.25) is 4.79 Å². The fraction of sp³-hybridized carbons (Fsp3) is 0.105. The molecule has 0 radical (unpaired) electrons. The Morgan fingerprint density at radius 3 is 2.58 bits per heavy atom. The monoisotopic (exact) mass is 403 g/mol. The average Bonchev–Trinajstić information content (AvgIpc) is 2.64. The number of carbonyl (C=O) groups is 1. The first kappa shape index (κ1) is 18.7. The maximum atomic E-state index is 12.2. The first-order valence-corrected chi connectivity index (χ1v) is 9.53. The van der Waals surface area contributed by atoms with Crippen molar-refractivity contribution in [2.24, 2.45) is 0 Å². The van der Waals surface area contributed by atoms with E-state index in [0.717, 1.165) is 16.8 Å². The minimum absolute atomic E-state index is 0.138. The summed E-state index contributed by atoms with van der Waals surface area (Å²) < 4.78 is 0. The van der Waals surface area contributed by atoms with E-state index < -0.39 is 0 Å². The van der Waals surface area contributed by atoms with Crippen LogP contribution in [0.2, 0.25) is 10.0 Å². The highest BCUT2D eigenvalue weighted by Crippen LogP contribution is 2.23. The van der Waals surface area contributed by atoms with Gasteiger partial charge >= 0.3 is 0 Å². The van der Waals surface area contributed by atoms with Gasteiger partial charge in [0.05, 0.1) is 11.4 Å². The molecule has 0 unspecified atom stereocenters. The molecule has 0 aliphatic heterocycles. The van der Waals surface area contributed by atoms with E-state index in [0.29, 0.717) is 20.9 Å². The largest absolute Gasteiger partial charge is 0.325 e. The number of nitrogens with one attached hydrogen (secondary N) is 1. The molecule has 1 aromatic heterocycles. The van der Waals surface area contributed by atoms with Crippen molar-refractivity contribution in [3.05, 3.63) is 70.3 Å². The maximum absolute atomic E-state index is 12.2. The smallest absolute Gasteiger partial charge is 0.234 e. The van der Waals surface area contributed by atoms with Gasteiger partial charge in [0.15, 0.2) is 5.16 Å². The molecule has 0 atom stereocenters. The van der Waals surface area contributed by atoms with E-state index in [1.807, 2.05) is 43.3 Å². The van der Waals surface area contributed by atoms with E-state index in [-0.39, 0.29) is 11.7 Å². The molecular weight excluding hydrogens is 389 g/mol. The number of carbonyl (C=O) groups excluding carboxylic acids is 1. The van der Waals surface area contributed by atoms with Crippen LogP contribution in [-0.4, -0.2) is 21.6 Å². The number of nitrogens with zero attached hydrogens (tertiary/aromatic N) is 2. The number of anilines is 1. The zero-order chi connectivity index (χ0) is 18.5. The first-order valence-electron chi connectivity index (χ1n) is 7.79. The number of hydrogen-bond donors (Lipinski definition) is 1. The molecule has 1 N–H and O–H groups in total. The van der Waals surface area contributed by atoms with Crippen molar-refractivity contribution in [3.8, 4) is 11.3 Å². The Hall–Kier alpha value is -2.08. The second-order valence-electron chi connectivity index (χ2n) is 5.53. The summed E-state index contributed by atoms with van der Waals surface area (Å²) in [7, 11) is 0. The Kier molecular flexibility index (Phi) is 6.14. The Morgan fingerprint density at radius 1 is 1.08 bits per heavy atom. The highest BCUT2D eigenvalue weighted by Gasteiger charge is 2.09. The predicted octanol–water partition coefficient (Wildman–Crippen LogP) is 5.49. The van der Waals surface area contributed by atoms with Gasteiger partial charge in [-0.05, 0) is 42.8 Å². The number of aryl methyl sites for hydroxylation is 1. The van der Waals surface area contributed by atoms with E-state index in [1.54, 1.807) is 18.3 Å². The van der Waals surface area contributed by atoms with Gasteiger partial charge in [-0.2, -0.15) is 0 Å². The molecule has 7 heteroatoms. The number of hydrogen-bond acceptors (Lipinski definition) is 4. The van der Waals surface area contributed by atoms with Crippen LogP contribution < -0.4 is 5.32 Å². The van der Waals surface area contributed by atoms with E-state index in [2.05, 4.69) is 15.3 Å². The molecule has 2 aromatic carbocycles. The summed E-state index contributed by atoms with van der Waals surface area (Å²) in [6, 6.07) is 14.6. The summed E-state index contributed by atoms with van der Waals surface area (Å²) in [5, 5.41) is 4.65. The quantitative estimate of drug-likeness (QED) is 0.451. The Balaban J connectivity index is 1.64. The van der Waals surface area contributed by atoms with Crippen molar-refractivity contribution in [2.45, 2.75) is 12.1 Å². The number of aromatic nitrogens is 2. The molecule has 1 amide bonds. The van der Waals surface area contributed by atoms with Gasteiger partial charge in [-0.15, -0.1) is 0 Å². The van der Waals surface area contributed by atoms with Gasteiger partial charge in [0, 0.05) is 27.5 Å². The molecule has 0 saturated heterocycles. The van der Waals surface area contributed by atoms with Gasteiger partial charge in [-0.1, -0.05) is 53.2 Å². The summed E-state index contributed by atoms with van der Waals surface area (Å²) in [6.07, 6.45) is 1.68. The molecule has 0 aliphatic rings. The molecule has 3 aromatic rings. The highest BCUT2D eigenvalue weighted by atomic mass is 35.5. The van der Waals surface area contributed by atoms with Crippen molar-refractivity contribution in [2.75, 3.05) is 11.1 Å². The minimum atomic E-state index is -0.138. The summed E-state index contributed by atoms with van der Waals surface area (Å²) in [6.45, 7) is 1.91. The Morgan fingerprint density at radius 2 is 1.81 bits per heavy atom. The second kappa shape index (κ2) is 8.54. The Bertz CT molecular complexity index is 932. The van der Waals surface area contributed by atoms with Crippen molar-refractivity contribution in [3.63, 3.8) is 0 Å². The van der Waals surface area contributed by atoms with Crippen LogP contribution in [0.15, 0.2) is 59.9 Å². The van der Waals surface area contributed by atoms with Gasteiger partial charge in [0.1, 0.15) is 0 Å². The number of amides is 1. The highest BCUT2D eigenvalue weighted by molar-refractivity contribution is 7.99. The van der Waals surface area contributed by atoms with E-state index >= 15 is 0 Å². The number of benzene rings is 2. The number of rotatable bonds is 5. The van der Waals surface area contributed by atoms with Gasteiger partial charge in [0.25, 0.3) is 0 Å². The zero-order valence-electron chi connectivity index (χ0n) is 13.9. The standard InChI is InChI=1S/C19H15Cl2N3OS/c1-12-2-5-15(21)10-17(12)23-18(25)11-26-19-22-9-8-16(24-19)13-3-6-14(20)7-4-13/h2-10H,11H2,1H3,(H,23,25). The third-order valence-electron chi connectivity index (χ3n) is 3.58. The van der Waals surface area contributed by atoms with Crippen LogP contribution in [-0.2, 0) is 4.79 Å². The van der Waals surface area contributed by atoms with Crippen LogP contribution in [0, 0.1) is 6.92 Å². The van der Waals surface area contributed by atoms with Gasteiger partial charge < -0.3 is 5.32 Å². The van der Waals surface area contributed by atoms with Crippen LogP contribution in [0.5, 0.6) is 0 Å². The summed E-state index contributed by atoms with van der Waals surface area (Å²) in [4.78, 5) is 20.9. The first-order chi connectivity index (χ1) is 12.5. The van der Waals surface area contributed by atoms with Crippen molar-refractivity contribution in [1.29, 1.82) is 0 Å². The summed E-state index contributed by atoms with van der Waals surface area (Å²) in [5.41, 5.74) is 3.38. The summed E-state index contributed by atoms with van der Waals surface area (Å²) in [5.74, 6) is 0.0663. The molecule has 0 aliphatic carbocycles. The fourth-order valence-electron chi connectivity index (χ4n) is 2.24. The maximum Gasteiger partial charge on any atom is 0.234 e. The van der Waals surface area contributed by atoms with Crippen LogP contribution in [0.3, 0.4) is 0 Å². The second-order valence-corrected chi connectivity index (χ2v) is 7.34. The lowest BCUT2D eigenvalue weighted by atomic mass is 10.1. The molecule has 3 rings (SSSR count). The van der Waals surface area contributed by atoms with Gasteiger partial charge in [0.2, 0.25) is 5.91 Å². The van der Waals surface area contributed by atoms with Crippen molar-refractivity contribution in [1.82, 2.24) is 9.97 Å². The molecule has 0 saturated carbocycles. The molecule has 1 heterocycles. The summed E-state index contributed by atoms with van der Waals surface area (Å²) >= 11 is 13.2. The average molecular weight is 404 g/mol. The normalized spacial score (nSPS) is 10.6. The Labute approximate surface area is 166 Å². The van der Waals surface area contributed by atoms with Crippen LogP contribution in [0.25, 0.3) is 11.3 Å². The van der Waals surface area contributed by atoms with Crippen LogP contribution in [0.4, 0.5) is 5.69 Å². The third-order valence-corrected chi connectivity index (χ3v) is 4.93. The molecule has 0 bridgehead atoms. The third kappa shape index (κ3) is 4.97. The minimum Gasteiger partial charge on any atom is -0.325 e. The zero-order valence-corrected chi connectivity index (χ0v) is 16.2. The molecule has 26 heavy (non-hydrogen) atoms. The van der Waals surface area contributed by atoms with Crippen molar-refractivity contribution >= 4 is 46.6 Å². The number of thioether (sulfide) groups is 1. The lowest BCUT2D eigenvalue weighted by Gasteiger charge is -2.08. The lowest BCUT2D eigenvalue weighted by Crippen LogP contribution is -2.15. The van der Waals surface area contributed by atoms with E-state index in [9.17, 15) is 4.79 Å². The fourth-order valence-corrected chi connectivity index (χ4v) is 3.17. The molecule has 0 spiro atoms. The molecular formula is C19H15Cl2N3OS. The van der Waals surface area contributed by atoms with Gasteiger partial charge in [-0.25, -0.2) is 9.97 Å². The molecule has 132 valence electrons. The molecule has 4 nitrogen and oxygen atoms in total. The molecule has 0 fully saturated rings. The topological polar surface area (TPSA) is 54.9 Å². The number of halogens is 2. The van der Waals surface area contributed by atoms with Crippen molar-refractivity contribution < 1.29 is 4.79 Å².